The largest absolute Gasteiger partial charge is 0.490 e. The Morgan fingerprint density at radius 3 is 2.81 bits per heavy atom. The predicted molar refractivity (Wildman–Crippen MR) is 88.0 cm³/mol. The molecule has 2 heteroatoms. The number of nitrogens with one attached hydrogen (secondary N) is 1. The maximum Gasteiger partial charge on any atom is 0.119 e. The topological polar surface area (TPSA) is 21.3 Å². The molecular formula is C19H21NO. The summed E-state index contributed by atoms with van der Waals surface area (Å²) < 4.78 is 5.53. The van der Waals surface area contributed by atoms with Crippen LogP contribution in [0.3, 0.4) is 0 Å². The van der Waals surface area contributed by atoms with Crippen LogP contribution in [0.5, 0.6) is 5.75 Å². The highest BCUT2D eigenvalue weighted by molar-refractivity contribution is 5.56. The minimum Gasteiger partial charge on any atom is -0.490 e. The van der Waals surface area contributed by atoms with E-state index < -0.39 is 0 Å². The Morgan fingerprint density at radius 2 is 2.05 bits per heavy atom. The number of anilines is 1. The third-order valence-corrected chi connectivity index (χ3v) is 3.94. The maximum atomic E-state index is 5.53. The van der Waals surface area contributed by atoms with E-state index in [4.69, 9.17) is 4.74 Å². The fourth-order valence-corrected chi connectivity index (χ4v) is 2.83. The zero-order valence-electron chi connectivity index (χ0n) is 12.4. The van der Waals surface area contributed by atoms with Crippen molar-refractivity contribution in [1.82, 2.24) is 0 Å². The quantitative estimate of drug-likeness (QED) is 0.822. The monoisotopic (exact) mass is 279 g/mol. The van der Waals surface area contributed by atoms with Gasteiger partial charge in [-0.05, 0) is 49.1 Å². The van der Waals surface area contributed by atoms with Crippen LogP contribution in [-0.4, -0.2) is 6.61 Å². The summed E-state index contributed by atoms with van der Waals surface area (Å²) in [5.74, 6) is 0.894. The number of rotatable bonds is 4. The van der Waals surface area contributed by atoms with Crippen molar-refractivity contribution in [2.45, 2.75) is 25.8 Å². The van der Waals surface area contributed by atoms with Gasteiger partial charge in [0.15, 0.2) is 0 Å². The van der Waals surface area contributed by atoms with E-state index in [9.17, 15) is 0 Å². The van der Waals surface area contributed by atoms with E-state index in [0.717, 1.165) is 18.6 Å². The molecule has 0 saturated carbocycles. The summed E-state index contributed by atoms with van der Waals surface area (Å²) in [6.07, 6.45) is 4.02. The average Bonchev–Trinajstić information content (AvgIpc) is 2.53. The third-order valence-electron chi connectivity index (χ3n) is 3.94. The van der Waals surface area contributed by atoms with Crippen LogP contribution < -0.4 is 10.1 Å². The number of fused-ring (bicyclic) bond motifs is 1. The van der Waals surface area contributed by atoms with E-state index in [1.807, 2.05) is 12.1 Å². The molecule has 0 radical (unpaired) electrons. The molecule has 0 spiro atoms. The first-order chi connectivity index (χ1) is 10.3. The summed E-state index contributed by atoms with van der Waals surface area (Å²) in [5.41, 5.74) is 5.34. The van der Waals surface area contributed by atoms with Gasteiger partial charge in [0, 0.05) is 5.69 Å². The molecule has 1 aliphatic rings. The highest BCUT2D eigenvalue weighted by Crippen LogP contribution is 2.33. The lowest BCUT2D eigenvalue weighted by Crippen LogP contribution is -2.18. The Balaban J connectivity index is 1.73. The second-order valence-corrected chi connectivity index (χ2v) is 5.56. The van der Waals surface area contributed by atoms with Crippen molar-refractivity contribution in [3.8, 4) is 5.75 Å². The van der Waals surface area contributed by atoms with Crippen molar-refractivity contribution in [1.29, 1.82) is 0 Å². The van der Waals surface area contributed by atoms with Crippen molar-refractivity contribution < 1.29 is 4.74 Å². The Morgan fingerprint density at radius 1 is 1.24 bits per heavy atom. The number of hydrogen-bond acceptors (Lipinski definition) is 2. The summed E-state index contributed by atoms with van der Waals surface area (Å²) in [7, 11) is 0. The average molecular weight is 279 g/mol. The number of benzene rings is 2. The highest BCUT2D eigenvalue weighted by Gasteiger charge is 2.19. The van der Waals surface area contributed by atoms with E-state index in [1.165, 1.54) is 22.4 Å². The van der Waals surface area contributed by atoms with Crippen LogP contribution >= 0.6 is 0 Å². The number of hydrogen-bond donors (Lipinski definition) is 1. The summed E-state index contributed by atoms with van der Waals surface area (Å²) in [6, 6.07) is 15.4. The molecule has 0 bridgehead atoms. The van der Waals surface area contributed by atoms with E-state index in [2.05, 4.69) is 49.2 Å². The molecule has 108 valence electrons. The molecule has 2 aromatic carbocycles. The first kappa shape index (κ1) is 13.7. The molecule has 0 aromatic heterocycles. The van der Waals surface area contributed by atoms with Gasteiger partial charge in [-0.15, -0.1) is 0 Å². The van der Waals surface area contributed by atoms with Gasteiger partial charge in [0.2, 0.25) is 0 Å². The molecule has 21 heavy (non-hydrogen) atoms. The first-order valence-corrected chi connectivity index (χ1v) is 7.46. The normalized spacial score (nSPS) is 16.7. The third kappa shape index (κ3) is 3.10. The predicted octanol–water partition coefficient (Wildman–Crippen LogP) is 4.66. The zero-order chi connectivity index (χ0) is 14.7. The van der Waals surface area contributed by atoms with Crippen molar-refractivity contribution in [3.05, 3.63) is 71.8 Å². The summed E-state index contributed by atoms with van der Waals surface area (Å²) in [5, 5.41) is 3.65. The molecule has 2 aromatic rings. The van der Waals surface area contributed by atoms with Crippen LogP contribution in [-0.2, 0) is 6.42 Å². The molecule has 0 fully saturated rings. The van der Waals surface area contributed by atoms with Gasteiger partial charge < -0.3 is 10.1 Å². The van der Waals surface area contributed by atoms with E-state index in [1.54, 1.807) is 6.08 Å². The highest BCUT2D eigenvalue weighted by atomic mass is 16.5. The van der Waals surface area contributed by atoms with Gasteiger partial charge >= 0.3 is 0 Å². The summed E-state index contributed by atoms with van der Waals surface area (Å²) in [6.45, 7) is 6.36. The molecule has 1 atom stereocenters. The van der Waals surface area contributed by atoms with Crippen LogP contribution in [0.4, 0.5) is 5.69 Å². The molecule has 1 N–H and O–H groups in total. The van der Waals surface area contributed by atoms with Crippen LogP contribution in [0, 0.1) is 6.92 Å². The number of aryl methyl sites for hydroxylation is 2. The lowest BCUT2D eigenvalue weighted by Gasteiger charge is -2.28. The van der Waals surface area contributed by atoms with Gasteiger partial charge in [-0.25, -0.2) is 0 Å². The standard InChI is InChI=1S/C19H21NO/c1-3-12-21-17-8-5-15(6-9-17)18-11-7-16-13-14(2)4-10-19(16)20-18/h3-6,8-10,13,18,20H,1,7,11-12H2,2H3. The molecule has 0 saturated heterocycles. The number of ether oxygens (including phenoxy) is 1. The Labute approximate surface area is 126 Å². The van der Waals surface area contributed by atoms with Gasteiger partial charge in [0.1, 0.15) is 12.4 Å². The molecule has 0 amide bonds. The molecule has 1 unspecified atom stereocenters. The molecule has 1 aliphatic heterocycles. The maximum absolute atomic E-state index is 5.53. The lowest BCUT2D eigenvalue weighted by molar-refractivity contribution is 0.363. The van der Waals surface area contributed by atoms with Crippen molar-refractivity contribution in [3.63, 3.8) is 0 Å². The van der Waals surface area contributed by atoms with Gasteiger partial charge in [0.25, 0.3) is 0 Å². The Kier molecular flexibility index (Phi) is 3.96. The minimum atomic E-state index is 0.383. The van der Waals surface area contributed by atoms with Gasteiger partial charge in [-0.3, -0.25) is 0 Å². The van der Waals surface area contributed by atoms with Gasteiger partial charge in [-0.2, -0.15) is 0 Å². The zero-order valence-corrected chi connectivity index (χ0v) is 12.4. The van der Waals surface area contributed by atoms with Crippen molar-refractivity contribution in [2.75, 3.05) is 11.9 Å². The second kappa shape index (κ2) is 6.04. The van der Waals surface area contributed by atoms with Crippen LogP contribution in [0.15, 0.2) is 55.1 Å². The molecule has 2 nitrogen and oxygen atoms in total. The molecule has 0 aliphatic carbocycles. The molecule has 1 heterocycles. The van der Waals surface area contributed by atoms with Crippen LogP contribution in [0.25, 0.3) is 0 Å². The Hall–Kier alpha value is -2.22. The molecular weight excluding hydrogens is 258 g/mol. The van der Waals surface area contributed by atoms with E-state index in [0.29, 0.717) is 12.6 Å². The second-order valence-electron chi connectivity index (χ2n) is 5.56. The van der Waals surface area contributed by atoms with Gasteiger partial charge in [-0.1, -0.05) is 42.5 Å². The smallest absolute Gasteiger partial charge is 0.119 e. The van der Waals surface area contributed by atoms with Crippen molar-refractivity contribution >= 4 is 5.69 Å². The first-order valence-electron chi connectivity index (χ1n) is 7.46. The lowest BCUT2D eigenvalue weighted by atomic mass is 9.92. The van der Waals surface area contributed by atoms with E-state index in [-0.39, 0.29) is 0 Å². The van der Waals surface area contributed by atoms with Crippen molar-refractivity contribution in [2.24, 2.45) is 0 Å². The fraction of sp³-hybridized carbons (Fsp3) is 0.263. The summed E-state index contributed by atoms with van der Waals surface area (Å²) >= 11 is 0. The fourth-order valence-electron chi connectivity index (χ4n) is 2.83. The van der Waals surface area contributed by atoms with Crippen LogP contribution in [0.2, 0.25) is 0 Å². The van der Waals surface area contributed by atoms with Crippen LogP contribution in [0.1, 0.15) is 29.2 Å². The molecule has 3 rings (SSSR count). The SMILES string of the molecule is C=CCOc1ccc(C2CCc3cc(C)ccc3N2)cc1. The Bertz CT molecular complexity index is 631. The minimum absolute atomic E-state index is 0.383. The van der Waals surface area contributed by atoms with E-state index >= 15 is 0 Å². The van der Waals surface area contributed by atoms with Gasteiger partial charge in [0.05, 0.1) is 6.04 Å². The summed E-state index contributed by atoms with van der Waals surface area (Å²) in [4.78, 5) is 0.